The van der Waals surface area contributed by atoms with E-state index in [9.17, 15) is 4.79 Å². The van der Waals surface area contributed by atoms with Crippen molar-refractivity contribution in [1.29, 1.82) is 0 Å². The second-order valence-electron chi connectivity index (χ2n) is 4.12. The van der Waals surface area contributed by atoms with Gasteiger partial charge in [-0.05, 0) is 36.2 Å². The van der Waals surface area contributed by atoms with Gasteiger partial charge in [0, 0.05) is 4.88 Å². The van der Waals surface area contributed by atoms with Gasteiger partial charge in [-0.15, -0.1) is 11.3 Å². The molecule has 4 nitrogen and oxygen atoms in total. The Morgan fingerprint density at radius 1 is 1.22 bits per heavy atom. The fourth-order valence-electron chi connectivity index (χ4n) is 2.16. The summed E-state index contributed by atoms with van der Waals surface area (Å²) in [5.74, 6) is 0. The fraction of sp³-hybridized carbons (Fsp3) is 0.154. The van der Waals surface area contributed by atoms with E-state index in [0.29, 0.717) is 0 Å². The highest BCUT2D eigenvalue weighted by Gasteiger charge is 2.13. The predicted molar refractivity (Wildman–Crippen MR) is 74.1 cm³/mol. The number of aromatic amines is 2. The van der Waals surface area contributed by atoms with Gasteiger partial charge in [0.15, 0.2) is 0 Å². The van der Waals surface area contributed by atoms with Crippen LogP contribution in [0.3, 0.4) is 0 Å². The number of hydrogen-bond donors (Lipinski definition) is 3. The molecular formula is C13H13N3OS. The zero-order valence-corrected chi connectivity index (χ0v) is 10.7. The summed E-state index contributed by atoms with van der Waals surface area (Å²) in [6.07, 6.45) is 0. The zero-order valence-electron chi connectivity index (χ0n) is 9.86. The second kappa shape index (κ2) is 4.44. The molecule has 0 fully saturated rings. The van der Waals surface area contributed by atoms with Crippen molar-refractivity contribution in [2.75, 3.05) is 7.05 Å². The van der Waals surface area contributed by atoms with E-state index in [1.54, 1.807) is 11.3 Å². The van der Waals surface area contributed by atoms with Crippen molar-refractivity contribution in [2.24, 2.45) is 0 Å². The molecule has 0 aliphatic rings. The van der Waals surface area contributed by atoms with E-state index in [1.807, 2.05) is 31.3 Å². The van der Waals surface area contributed by atoms with Crippen LogP contribution in [-0.2, 0) is 0 Å². The Bertz CT molecular complexity index is 711. The molecule has 0 saturated heterocycles. The van der Waals surface area contributed by atoms with Crippen molar-refractivity contribution in [3.05, 3.63) is 56.6 Å². The third-order valence-electron chi connectivity index (χ3n) is 2.99. The number of thiophene rings is 1. The van der Waals surface area contributed by atoms with Crippen molar-refractivity contribution < 1.29 is 0 Å². The van der Waals surface area contributed by atoms with Crippen molar-refractivity contribution in [2.45, 2.75) is 6.04 Å². The molecule has 3 N–H and O–H groups in total. The minimum absolute atomic E-state index is 0.160. The molecule has 1 atom stereocenters. The van der Waals surface area contributed by atoms with Crippen LogP contribution in [0, 0.1) is 0 Å². The first-order valence-electron chi connectivity index (χ1n) is 5.70. The first-order valence-corrected chi connectivity index (χ1v) is 6.58. The third kappa shape index (κ3) is 1.87. The Morgan fingerprint density at radius 3 is 2.78 bits per heavy atom. The van der Waals surface area contributed by atoms with Gasteiger partial charge in [0.2, 0.25) is 0 Å². The maximum Gasteiger partial charge on any atom is 0.323 e. The molecule has 0 aliphatic carbocycles. The van der Waals surface area contributed by atoms with Crippen LogP contribution in [0.2, 0.25) is 0 Å². The number of benzene rings is 1. The number of imidazole rings is 1. The summed E-state index contributed by atoms with van der Waals surface area (Å²) in [4.78, 5) is 18.0. The Morgan fingerprint density at radius 2 is 2.06 bits per heavy atom. The lowest BCUT2D eigenvalue weighted by molar-refractivity contribution is 0.704. The second-order valence-corrected chi connectivity index (χ2v) is 5.10. The number of rotatable bonds is 3. The number of H-pyrrole nitrogens is 2. The van der Waals surface area contributed by atoms with Crippen molar-refractivity contribution in [3.8, 4) is 0 Å². The minimum Gasteiger partial charge on any atom is -0.309 e. The van der Waals surface area contributed by atoms with Crippen LogP contribution in [0.1, 0.15) is 16.5 Å². The molecule has 0 radical (unpaired) electrons. The summed E-state index contributed by atoms with van der Waals surface area (Å²) in [6.45, 7) is 0. The molecule has 0 aliphatic heterocycles. The fourth-order valence-corrected chi connectivity index (χ4v) is 3.02. The van der Waals surface area contributed by atoms with E-state index in [4.69, 9.17) is 0 Å². The standard InChI is InChI=1S/C13H13N3OS/c1-14-12(11-3-2-6-18-11)8-4-5-9-10(7-8)16-13(17)15-9/h2-7,12,14H,1H3,(H2,15,16,17). The van der Waals surface area contributed by atoms with E-state index in [0.717, 1.165) is 16.6 Å². The summed E-state index contributed by atoms with van der Waals surface area (Å²) >= 11 is 1.72. The summed E-state index contributed by atoms with van der Waals surface area (Å²) in [5, 5.41) is 5.37. The number of nitrogens with one attached hydrogen (secondary N) is 3. The molecule has 0 amide bonds. The van der Waals surface area contributed by atoms with Crippen LogP contribution in [0.5, 0.6) is 0 Å². The van der Waals surface area contributed by atoms with Crippen LogP contribution in [-0.4, -0.2) is 17.0 Å². The summed E-state index contributed by atoms with van der Waals surface area (Å²) < 4.78 is 0. The van der Waals surface area contributed by atoms with Crippen molar-refractivity contribution >= 4 is 22.4 Å². The predicted octanol–water partition coefficient (Wildman–Crippen LogP) is 2.23. The zero-order chi connectivity index (χ0) is 12.5. The molecule has 2 heterocycles. The van der Waals surface area contributed by atoms with Crippen LogP contribution >= 0.6 is 11.3 Å². The van der Waals surface area contributed by atoms with Crippen molar-refractivity contribution in [1.82, 2.24) is 15.3 Å². The monoisotopic (exact) mass is 259 g/mol. The van der Waals surface area contributed by atoms with E-state index >= 15 is 0 Å². The molecule has 1 unspecified atom stereocenters. The first kappa shape index (κ1) is 11.3. The smallest absolute Gasteiger partial charge is 0.309 e. The van der Waals surface area contributed by atoms with Gasteiger partial charge in [-0.2, -0.15) is 0 Å². The Kier molecular flexibility index (Phi) is 2.77. The lowest BCUT2D eigenvalue weighted by Crippen LogP contribution is -2.16. The summed E-state index contributed by atoms with van der Waals surface area (Å²) in [5.41, 5.74) is 2.65. The summed E-state index contributed by atoms with van der Waals surface area (Å²) in [6, 6.07) is 10.3. The first-order chi connectivity index (χ1) is 8.78. The SMILES string of the molecule is CNC(c1ccc2[nH]c(=O)[nH]c2c1)c1cccs1. The lowest BCUT2D eigenvalue weighted by atomic mass is 10.0. The largest absolute Gasteiger partial charge is 0.323 e. The molecule has 0 bridgehead atoms. The molecule has 3 aromatic rings. The van der Waals surface area contributed by atoms with Crippen LogP contribution < -0.4 is 11.0 Å². The van der Waals surface area contributed by atoms with Gasteiger partial charge >= 0.3 is 5.69 Å². The Hall–Kier alpha value is -1.85. The Labute approximate surface area is 108 Å². The highest BCUT2D eigenvalue weighted by molar-refractivity contribution is 7.10. The molecule has 2 aromatic heterocycles. The van der Waals surface area contributed by atoms with Gasteiger partial charge in [0.05, 0.1) is 17.1 Å². The molecule has 18 heavy (non-hydrogen) atoms. The maximum atomic E-state index is 11.2. The van der Waals surface area contributed by atoms with Gasteiger partial charge in [0.25, 0.3) is 0 Å². The minimum atomic E-state index is -0.167. The van der Waals surface area contributed by atoms with E-state index in [2.05, 4.69) is 26.7 Å². The molecule has 1 aromatic carbocycles. The molecule has 0 spiro atoms. The van der Waals surface area contributed by atoms with Crippen LogP contribution in [0.15, 0.2) is 40.5 Å². The van der Waals surface area contributed by atoms with Gasteiger partial charge < -0.3 is 15.3 Å². The van der Waals surface area contributed by atoms with Crippen LogP contribution in [0.25, 0.3) is 11.0 Å². The lowest BCUT2D eigenvalue weighted by Gasteiger charge is -2.14. The molecule has 92 valence electrons. The molecular weight excluding hydrogens is 246 g/mol. The highest BCUT2D eigenvalue weighted by Crippen LogP contribution is 2.26. The van der Waals surface area contributed by atoms with E-state index in [1.165, 1.54) is 4.88 Å². The highest BCUT2D eigenvalue weighted by atomic mass is 32.1. The number of fused-ring (bicyclic) bond motifs is 1. The molecule has 0 saturated carbocycles. The molecule has 3 rings (SSSR count). The van der Waals surface area contributed by atoms with Crippen molar-refractivity contribution in [3.63, 3.8) is 0 Å². The number of hydrogen-bond acceptors (Lipinski definition) is 3. The van der Waals surface area contributed by atoms with Gasteiger partial charge in [-0.3, -0.25) is 0 Å². The Balaban J connectivity index is 2.09. The normalized spacial score (nSPS) is 12.9. The van der Waals surface area contributed by atoms with Gasteiger partial charge in [0.1, 0.15) is 0 Å². The molecule has 5 heteroatoms. The van der Waals surface area contributed by atoms with E-state index < -0.39 is 0 Å². The average molecular weight is 259 g/mol. The average Bonchev–Trinajstić information content (AvgIpc) is 2.97. The van der Waals surface area contributed by atoms with Gasteiger partial charge in [-0.25, -0.2) is 4.79 Å². The maximum absolute atomic E-state index is 11.2. The van der Waals surface area contributed by atoms with Crippen LogP contribution in [0.4, 0.5) is 0 Å². The summed E-state index contributed by atoms with van der Waals surface area (Å²) in [7, 11) is 1.94. The van der Waals surface area contributed by atoms with Gasteiger partial charge in [-0.1, -0.05) is 12.1 Å². The van der Waals surface area contributed by atoms with E-state index in [-0.39, 0.29) is 11.7 Å². The quantitative estimate of drug-likeness (QED) is 0.675. The third-order valence-corrected chi connectivity index (χ3v) is 3.93. The topological polar surface area (TPSA) is 60.7 Å². The number of aromatic nitrogens is 2.